The minimum Gasteiger partial charge on any atom is -0.465 e. The first-order valence-corrected chi connectivity index (χ1v) is 8.42. The lowest BCUT2D eigenvalue weighted by atomic mass is 9.84. The van der Waals surface area contributed by atoms with Gasteiger partial charge in [-0.1, -0.05) is 23.7 Å². The highest BCUT2D eigenvalue weighted by Crippen LogP contribution is 2.38. The third-order valence-corrected chi connectivity index (χ3v) is 5.31. The van der Waals surface area contributed by atoms with E-state index in [2.05, 4.69) is 12.1 Å². The predicted molar refractivity (Wildman–Crippen MR) is 94.0 cm³/mol. The van der Waals surface area contributed by atoms with E-state index in [1.54, 1.807) is 11.3 Å². The van der Waals surface area contributed by atoms with Gasteiger partial charge >= 0.3 is 5.97 Å². The highest BCUT2D eigenvalue weighted by atomic mass is 35.5. The lowest BCUT2D eigenvalue weighted by Gasteiger charge is -2.22. The molecule has 0 N–H and O–H groups in total. The van der Waals surface area contributed by atoms with Crippen LogP contribution in [0.15, 0.2) is 36.4 Å². The van der Waals surface area contributed by atoms with Gasteiger partial charge < -0.3 is 4.74 Å². The molecule has 1 aromatic heterocycles. The maximum Gasteiger partial charge on any atom is 0.315 e. The molecule has 0 radical (unpaired) electrons. The van der Waals surface area contributed by atoms with Gasteiger partial charge in [0, 0.05) is 25.2 Å². The van der Waals surface area contributed by atoms with Crippen LogP contribution in [0.2, 0.25) is 5.02 Å². The van der Waals surface area contributed by atoms with Gasteiger partial charge in [-0.2, -0.15) is 0 Å². The molecular formula is C18H17ClO2S. The third-order valence-electron chi connectivity index (χ3n) is 3.94. The molecule has 2 nitrogen and oxygen atoms in total. The van der Waals surface area contributed by atoms with Crippen LogP contribution in [-0.2, 0) is 14.9 Å². The van der Waals surface area contributed by atoms with E-state index in [1.165, 1.54) is 10.1 Å². The zero-order valence-electron chi connectivity index (χ0n) is 12.8. The van der Waals surface area contributed by atoms with Crippen LogP contribution in [0.4, 0.5) is 0 Å². The fourth-order valence-electron chi connectivity index (χ4n) is 2.57. The second kappa shape index (κ2) is 5.56. The zero-order valence-corrected chi connectivity index (χ0v) is 14.3. The Morgan fingerprint density at radius 1 is 1.14 bits per heavy atom. The lowest BCUT2D eigenvalue weighted by Crippen LogP contribution is -2.31. The number of ether oxygens (including phenoxy) is 1. The van der Waals surface area contributed by atoms with Crippen LogP contribution in [0, 0.1) is 0 Å². The van der Waals surface area contributed by atoms with Gasteiger partial charge in [-0.3, -0.25) is 4.79 Å². The van der Waals surface area contributed by atoms with Gasteiger partial charge in [0.2, 0.25) is 0 Å². The molecule has 0 fully saturated rings. The molecule has 0 amide bonds. The van der Waals surface area contributed by atoms with Crippen molar-refractivity contribution in [3.63, 3.8) is 0 Å². The van der Waals surface area contributed by atoms with E-state index < -0.39 is 5.41 Å². The summed E-state index contributed by atoms with van der Waals surface area (Å²) in [5.41, 5.74) is 0.314. The van der Waals surface area contributed by atoms with Crippen LogP contribution in [0.3, 0.4) is 0 Å². The van der Waals surface area contributed by atoms with Gasteiger partial charge in [0.15, 0.2) is 0 Å². The van der Waals surface area contributed by atoms with Crippen molar-refractivity contribution in [1.82, 2.24) is 0 Å². The maximum absolute atomic E-state index is 12.2. The molecule has 0 saturated carbocycles. The number of hydrogen-bond acceptors (Lipinski definition) is 3. The molecule has 3 rings (SSSR count). The number of thiophene rings is 1. The van der Waals surface area contributed by atoms with Gasteiger partial charge in [-0.05, 0) is 50.6 Å². The summed E-state index contributed by atoms with van der Waals surface area (Å²) in [6.45, 7) is 6.02. The van der Waals surface area contributed by atoms with E-state index in [0.29, 0.717) is 6.61 Å². The molecule has 0 aliphatic heterocycles. The monoisotopic (exact) mass is 332 g/mol. The Hall–Kier alpha value is -1.58. The van der Waals surface area contributed by atoms with E-state index in [9.17, 15) is 4.79 Å². The van der Waals surface area contributed by atoms with Gasteiger partial charge in [0.05, 0.1) is 12.0 Å². The lowest BCUT2D eigenvalue weighted by molar-refractivity contribution is -0.148. The topological polar surface area (TPSA) is 26.3 Å². The summed E-state index contributed by atoms with van der Waals surface area (Å²) in [5, 5.41) is 3.07. The largest absolute Gasteiger partial charge is 0.465 e. The summed E-state index contributed by atoms with van der Waals surface area (Å²) in [6, 6.07) is 12.1. The first-order chi connectivity index (χ1) is 10.4. The average molecular weight is 333 g/mol. The summed E-state index contributed by atoms with van der Waals surface area (Å²) in [6.07, 6.45) is 0. The fourth-order valence-corrected chi connectivity index (χ4v) is 3.87. The summed E-state index contributed by atoms with van der Waals surface area (Å²) in [7, 11) is 0. The van der Waals surface area contributed by atoms with Crippen LogP contribution >= 0.6 is 22.9 Å². The zero-order chi connectivity index (χ0) is 15.9. The first-order valence-electron chi connectivity index (χ1n) is 7.23. The van der Waals surface area contributed by atoms with Crippen molar-refractivity contribution < 1.29 is 9.53 Å². The Morgan fingerprint density at radius 3 is 2.64 bits per heavy atom. The summed E-state index contributed by atoms with van der Waals surface area (Å²) in [5.74, 6) is -0.196. The molecule has 3 aromatic rings. The summed E-state index contributed by atoms with van der Waals surface area (Å²) >= 11 is 7.81. The molecule has 0 atom stereocenters. The molecule has 4 heteroatoms. The summed E-state index contributed by atoms with van der Waals surface area (Å²) < 4.78 is 7.55. The highest BCUT2D eigenvalue weighted by Gasteiger charge is 2.31. The molecular weight excluding hydrogens is 316 g/mol. The molecule has 1 heterocycles. The number of carbonyl (C=O) groups is 1. The predicted octanol–water partition coefficient (Wildman–Crippen LogP) is 5.55. The Labute approximate surface area is 138 Å². The quantitative estimate of drug-likeness (QED) is 0.588. The van der Waals surface area contributed by atoms with Gasteiger partial charge in [0.25, 0.3) is 0 Å². The fraction of sp³-hybridized carbons (Fsp3) is 0.278. The Bertz CT molecular complexity index is 864. The van der Waals surface area contributed by atoms with Crippen molar-refractivity contribution in [2.24, 2.45) is 0 Å². The molecule has 0 saturated heterocycles. The molecule has 0 aliphatic carbocycles. The molecule has 0 bridgehead atoms. The van der Waals surface area contributed by atoms with Crippen LogP contribution in [0.25, 0.3) is 20.2 Å². The van der Waals surface area contributed by atoms with Crippen LogP contribution in [0.5, 0.6) is 0 Å². The summed E-state index contributed by atoms with van der Waals surface area (Å²) in [4.78, 5) is 12.2. The molecule has 2 aromatic carbocycles. The van der Waals surface area contributed by atoms with Crippen molar-refractivity contribution in [3.8, 4) is 0 Å². The number of fused-ring (bicyclic) bond motifs is 3. The molecule has 0 spiro atoms. The number of rotatable bonds is 3. The van der Waals surface area contributed by atoms with Crippen molar-refractivity contribution in [1.29, 1.82) is 0 Å². The van der Waals surface area contributed by atoms with E-state index >= 15 is 0 Å². The van der Waals surface area contributed by atoms with E-state index in [1.807, 2.05) is 45.0 Å². The molecule has 0 aliphatic rings. The van der Waals surface area contributed by atoms with Crippen molar-refractivity contribution in [2.75, 3.05) is 6.61 Å². The highest BCUT2D eigenvalue weighted by molar-refractivity contribution is 7.25. The standard InChI is InChI=1S/C18H17ClO2S/c1-4-21-17(20)18(2,3)11-5-7-13-14-10-12(19)6-8-15(14)22-16(13)9-11/h5-10H,4H2,1-3H3. The Morgan fingerprint density at radius 2 is 1.91 bits per heavy atom. The minimum absolute atomic E-state index is 0.196. The van der Waals surface area contributed by atoms with Crippen LogP contribution in [-0.4, -0.2) is 12.6 Å². The number of halogens is 1. The van der Waals surface area contributed by atoms with Crippen LogP contribution in [0.1, 0.15) is 26.3 Å². The van der Waals surface area contributed by atoms with Crippen molar-refractivity contribution >= 4 is 49.1 Å². The number of hydrogen-bond donors (Lipinski definition) is 0. The maximum atomic E-state index is 12.2. The SMILES string of the molecule is CCOC(=O)C(C)(C)c1ccc2c(c1)sc1ccc(Cl)cc12. The Balaban J connectivity index is 2.14. The van der Waals surface area contributed by atoms with E-state index in [4.69, 9.17) is 16.3 Å². The van der Waals surface area contributed by atoms with Crippen molar-refractivity contribution in [3.05, 3.63) is 47.0 Å². The average Bonchev–Trinajstić information content (AvgIpc) is 2.84. The van der Waals surface area contributed by atoms with Crippen molar-refractivity contribution in [2.45, 2.75) is 26.2 Å². The third kappa shape index (κ3) is 2.49. The second-order valence-electron chi connectivity index (χ2n) is 5.80. The smallest absolute Gasteiger partial charge is 0.315 e. The van der Waals surface area contributed by atoms with E-state index in [0.717, 1.165) is 20.7 Å². The normalized spacial score (nSPS) is 12.0. The van der Waals surface area contributed by atoms with Crippen LogP contribution < -0.4 is 0 Å². The van der Waals surface area contributed by atoms with Gasteiger partial charge in [-0.15, -0.1) is 11.3 Å². The molecule has 0 unspecified atom stereocenters. The first kappa shape index (κ1) is 15.3. The van der Waals surface area contributed by atoms with Gasteiger partial charge in [-0.25, -0.2) is 0 Å². The molecule has 114 valence electrons. The molecule has 22 heavy (non-hydrogen) atoms. The minimum atomic E-state index is -0.655. The Kier molecular flexibility index (Phi) is 3.87. The van der Waals surface area contributed by atoms with Gasteiger partial charge in [0.1, 0.15) is 0 Å². The second-order valence-corrected chi connectivity index (χ2v) is 7.32. The number of carbonyl (C=O) groups excluding carboxylic acids is 1. The van der Waals surface area contributed by atoms with E-state index in [-0.39, 0.29) is 5.97 Å². The number of benzene rings is 2. The number of esters is 1.